The van der Waals surface area contributed by atoms with Crippen LogP contribution in [0, 0.1) is 0 Å². The quantitative estimate of drug-likeness (QED) is 0.561. The number of carbonyl (C=O) groups is 1. The lowest BCUT2D eigenvalue weighted by Crippen LogP contribution is -2.36. The van der Waals surface area contributed by atoms with E-state index < -0.39 is 5.97 Å². The van der Waals surface area contributed by atoms with E-state index in [0.29, 0.717) is 17.1 Å². The second kappa shape index (κ2) is 5.65. The van der Waals surface area contributed by atoms with Gasteiger partial charge >= 0.3 is 5.97 Å². The molecule has 0 bridgehead atoms. The largest absolute Gasteiger partial charge is 0.493 e. The molecule has 1 rings (SSSR count). The fraction of sp³-hybridized carbons (Fsp3) is 0.417. The molecule has 0 amide bonds. The van der Waals surface area contributed by atoms with Gasteiger partial charge < -0.3 is 18.9 Å². The normalized spacial score (nSPS) is 11.1. The topological polar surface area (TPSA) is 54.0 Å². The molecule has 0 aliphatic rings. The van der Waals surface area contributed by atoms with E-state index in [1.54, 1.807) is 25.1 Å². The first-order valence-corrected chi connectivity index (χ1v) is 5.01. The highest BCUT2D eigenvalue weighted by atomic mass is 16.9. The van der Waals surface area contributed by atoms with E-state index in [1.807, 2.05) is 0 Å². The van der Waals surface area contributed by atoms with Crippen molar-refractivity contribution in [2.75, 3.05) is 21.3 Å². The molecule has 0 aromatic heterocycles. The van der Waals surface area contributed by atoms with Crippen LogP contribution in [0.5, 0.6) is 11.5 Å². The average molecular weight is 240 g/mol. The molecule has 0 N–H and O–H groups in total. The molecule has 0 saturated carbocycles. The molecule has 0 radical (unpaired) electrons. The van der Waals surface area contributed by atoms with E-state index >= 15 is 0 Å². The van der Waals surface area contributed by atoms with Gasteiger partial charge in [-0.3, -0.25) is 4.79 Å². The van der Waals surface area contributed by atoms with Crippen molar-refractivity contribution in [1.29, 1.82) is 0 Å². The Balaban J connectivity index is 3.01. The summed E-state index contributed by atoms with van der Waals surface area (Å²) in [4.78, 5) is 10.6. The van der Waals surface area contributed by atoms with Crippen molar-refractivity contribution in [3.63, 3.8) is 0 Å². The van der Waals surface area contributed by atoms with Gasteiger partial charge in [-0.05, 0) is 18.2 Å². The van der Waals surface area contributed by atoms with Crippen LogP contribution < -0.4 is 9.47 Å². The zero-order chi connectivity index (χ0) is 12.9. The van der Waals surface area contributed by atoms with Crippen molar-refractivity contribution < 1.29 is 23.7 Å². The van der Waals surface area contributed by atoms with Gasteiger partial charge in [-0.15, -0.1) is 0 Å². The molecule has 0 heterocycles. The highest BCUT2D eigenvalue weighted by Crippen LogP contribution is 2.31. The van der Waals surface area contributed by atoms with Crippen LogP contribution in [-0.2, 0) is 9.47 Å². The molecule has 0 aliphatic heterocycles. The molecule has 1 aromatic rings. The van der Waals surface area contributed by atoms with Gasteiger partial charge in [0, 0.05) is 26.7 Å². The van der Waals surface area contributed by atoms with Crippen LogP contribution >= 0.6 is 0 Å². The Morgan fingerprint density at radius 3 is 2.24 bits per heavy atom. The molecule has 1 aromatic carbocycles. The molecule has 5 heteroatoms. The Bertz CT molecular complexity index is 384. The van der Waals surface area contributed by atoms with Gasteiger partial charge in [0.25, 0.3) is 0 Å². The number of benzene rings is 1. The molecule has 0 unspecified atom stereocenters. The molecule has 94 valence electrons. The third-order valence-corrected chi connectivity index (χ3v) is 2.36. The Morgan fingerprint density at radius 2 is 1.76 bits per heavy atom. The van der Waals surface area contributed by atoms with Crippen LogP contribution in [-0.4, -0.2) is 33.6 Å². The van der Waals surface area contributed by atoms with Gasteiger partial charge in [0.15, 0.2) is 11.5 Å². The molecule has 0 saturated heterocycles. The average Bonchev–Trinajstić information content (AvgIpc) is 2.39. The maximum atomic E-state index is 10.6. The minimum Gasteiger partial charge on any atom is -0.493 e. The zero-order valence-electron chi connectivity index (χ0n) is 10.4. The molecule has 17 heavy (non-hydrogen) atoms. The fourth-order valence-electron chi connectivity index (χ4n) is 1.21. The lowest BCUT2D eigenvalue weighted by molar-refractivity contribution is -0.309. The van der Waals surface area contributed by atoms with Crippen LogP contribution in [0.2, 0.25) is 0 Å². The van der Waals surface area contributed by atoms with Gasteiger partial charge in [0.2, 0.25) is 0 Å². The predicted octanol–water partition coefficient (Wildman–Crippen LogP) is 1.85. The van der Waals surface area contributed by atoms with Crippen LogP contribution in [0.1, 0.15) is 17.3 Å². The van der Waals surface area contributed by atoms with E-state index in [4.69, 9.17) is 18.9 Å². The minimum atomic E-state index is -1.20. The number of rotatable bonds is 6. The highest BCUT2D eigenvalue weighted by molar-refractivity contribution is 5.76. The molecule has 0 fully saturated rings. The second-order valence-electron chi connectivity index (χ2n) is 3.40. The molecule has 5 nitrogen and oxygen atoms in total. The lowest BCUT2D eigenvalue weighted by atomic mass is 10.2. The van der Waals surface area contributed by atoms with E-state index in [9.17, 15) is 4.79 Å². The number of hydrogen-bond donors (Lipinski definition) is 0. The summed E-state index contributed by atoms with van der Waals surface area (Å²) in [7, 11) is 4.43. The van der Waals surface area contributed by atoms with Gasteiger partial charge in [0.1, 0.15) is 6.29 Å². The monoisotopic (exact) mass is 240 g/mol. The summed E-state index contributed by atoms with van der Waals surface area (Å²) in [5.41, 5.74) is 0.505. The van der Waals surface area contributed by atoms with E-state index in [1.165, 1.54) is 21.3 Å². The van der Waals surface area contributed by atoms with Crippen molar-refractivity contribution in [3.8, 4) is 11.5 Å². The van der Waals surface area contributed by atoms with Crippen LogP contribution in [0.4, 0.5) is 0 Å². The Kier molecular flexibility index (Phi) is 4.48. The fourth-order valence-corrected chi connectivity index (χ4v) is 1.21. The summed E-state index contributed by atoms with van der Waals surface area (Å²) < 4.78 is 20.8. The van der Waals surface area contributed by atoms with Crippen molar-refractivity contribution >= 4 is 6.29 Å². The summed E-state index contributed by atoms with van der Waals surface area (Å²) in [6.07, 6.45) is 0.734. The standard InChI is InChI=1S/C12H16O5/c1-12(15-3,16-4)17-10-6-5-9(8-13)7-11(10)14-2/h5-8H,1-4H3. The number of carbonyl (C=O) groups excluding carboxylic acids is 1. The molecular weight excluding hydrogens is 224 g/mol. The Morgan fingerprint density at radius 1 is 1.12 bits per heavy atom. The van der Waals surface area contributed by atoms with Crippen molar-refractivity contribution in [2.24, 2.45) is 0 Å². The summed E-state index contributed by atoms with van der Waals surface area (Å²) in [6, 6.07) is 4.82. The molecule has 0 spiro atoms. The molecule has 0 atom stereocenters. The predicted molar refractivity (Wildman–Crippen MR) is 61.4 cm³/mol. The number of hydrogen-bond acceptors (Lipinski definition) is 5. The number of methoxy groups -OCH3 is 3. The number of ether oxygens (including phenoxy) is 4. The van der Waals surface area contributed by atoms with Gasteiger partial charge in [-0.2, -0.15) is 0 Å². The molecular formula is C12H16O5. The van der Waals surface area contributed by atoms with Crippen molar-refractivity contribution in [2.45, 2.75) is 12.9 Å². The maximum absolute atomic E-state index is 10.6. The van der Waals surface area contributed by atoms with Crippen LogP contribution in [0.15, 0.2) is 18.2 Å². The third-order valence-electron chi connectivity index (χ3n) is 2.36. The third kappa shape index (κ3) is 3.18. The highest BCUT2D eigenvalue weighted by Gasteiger charge is 2.26. The van der Waals surface area contributed by atoms with E-state index in [-0.39, 0.29) is 0 Å². The first-order chi connectivity index (χ1) is 8.08. The van der Waals surface area contributed by atoms with Crippen molar-refractivity contribution in [3.05, 3.63) is 23.8 Å². The van der Waals surface area contributed by atoms with Crippen LogP contribution in [0.25, 0.3) is 0 Å². The first-order valence-electron chi connectivity index (χ1n) is 5.01. The van der Waals surface area contributed by atoms with Gasteiger partial charge in [-0.25, -0.2) is 0 Å². The van der Waals surface area contributed by atoms with Crippen LogP contribution in [0.3, 0.4) is 0 Å². The van der Waals surface area contributed by atoms with E-state index in [2.05, 4.69) is 0 Å². The first kappa shape index (κ1) is 13.5. The zero-order valence-corrected chi connectivity index (χ0v) is 10.4. The SMILES string of the molecule is COc1cc(C=O)ccc1OC(C)(OC)OC. The van der Waals surface area contributed by atoms with Crippen molar-refractivity contribution in [1.82, 2.24) is 0 Å². The van der Waals surface area contributed by atoms with E-state index in [0.717, 1.165) is 6.29 Å². The van der Waals surface area contributed by atoms with Gasteiger partial charge in [0.05, 0.1) is 7.11 Å². The Hall–Kier alpha value is -1.59. The summed E-state index contributed by atoms with van der Waals surface area (Å²) in [5, 5.41) is 0. The summed E-state index contributed by atoms with van der Waals surface area (Å²) in [6.45, 7) is 1.63. The molecule has 0 aliphatic carbocycles. The summed E-state index contributed by atoms with van der Waals surface area (Å²) >= 11 is 0. The second-order valence-corrected chi connectivity index (χ2v) is 3.40. The number of aldehydes is 1. The smallest absolute Gasteiger partial charge is 0.323 e. The lowest BCUT2D eigenvalue weighted by Gasteiger charge is -2.27. The minimum absolute atomic E-state index is 0.435. The maximum Gasteiger partial charge on any atom is 0.323 e. The Labute approximate surface area is 100 Å². The van der Waals surface area contributed by atoms with Gasteiger partial charge in [-0.1, -0.05) is 0 Å². The summed E-state index contributed by atoms with van der Waals surface area (Å²) in [5.74, 6) is -0.324.